The van der Waals surface area contributed by atoms with Crippen molar-refractivity contribution < 1.29 is 17.9 Å². The van der Waals surface area contributed by atoms with Crippen molar-refractivity contribution in [3.8, 4) is 0 Å². The summed E-state index contributed by atoms with van der Waals surface area (Å²) in [5, 5.41) is -0.744. The second-order valence-corrected chi connectivity index (χ2v) is 8.68. The van der Waals surface area contributed by atoms with E-state index in [4.69, 9.17) is 15.4 Å². The van der Waals surface area contributed by atoms with E-state index in [2.05, 4.69) is 4.90 Å². The molecule has 1 unspecified atom stereocenters. The van der Waals surface area contributed by atoms with Crippen molar-refractivity contribution in [3.05, 3.63) is 0 Å². The minimum atomic E-state index is -3.65. The van der Waals surface area contributed by atoms with Crippen LogP contribution in [0.1, 0.15) is 25.7 Å². The number of methoxy groups -OCH3 is 1. The summed E-state index contributed by atoms with van der Waals surface area (Å²) in [7, 11) is 3.43. The first kappa shape index (κ1) is 17.0. The van der Waals surface area contributed by atoms with E-state index >= 15 is 0 Å². The maximum Gasteiger partial charge on any atom is 0.237 e. The molecule has 6 nitrogen and oxygen atoms in total. The van der Waals surface area contributed by atoms with Crippen molar-refractivity contribution in [2.75, 3.05) is 39.9 Å². The van der Waals surface area contributed by atoms with Gasteiger partial charge in [0.2, 0.25) is 15.0 Å². The van der Waals surface area contributed by atoms with E-state index in [1.165, 1.54) is 0 Å². The smallest absolute Gasteiger partial charge is 0.237 e. The average molecular weight is 339 g/mol. The maximum atomic E-state index is 12.0. The summed E-state index contributed by atoms with van der Waals surface area (Å²) in [4.78, 5) is 16.1. The Morgan fingerprint density at radius 3 is 2.52 bits per heavy atom. The van der Waals surface area contributed by atoms with Crippen LogP contribution in [0.5, 0.6) is 0 Å². The third-order valence-corrected chi connectivity index (χ3v) is 6.21. The highest BCUT2D eigenvalue weighted by atomic mass is 35.7. The molecular formula is C13H23ClN2O4S. The molecule has 0 bridgehead atoms. The standard InChI is InChI=1S/C13H23ClN2O4S/c1-20-8-2-5-15-6-3-11(4-7-15)16-10-12(9-13(16)17)21(14,18)19/h11-12H,2-10H2,1H3. The van der Waals surface area contributed by atoms with Crippen molar-refractivity contribution in [2.24, 2.45) is 0 Å². The van der Waals surface area contributed by atoms with Gasteiger partial charge in [-0.15, -0.1) is 0 Å². The first-order valence-corrected chi connectivity index (χ1v) is 9.73. The maximum absolute atomic E-state index is 12.0. The second-order valence-electron chi connectivity index (χ2n) is 5.77. The Kier molecular flexibility index (Phi) is 5.88. The first-order chi connectivity index (χ1) is 9.91. The highest BCUT2D eigenvalue weighted by Crippen LogP contribution is 2.27. The molecule has 2 heterocycles. The predicted octanol–water partition coefficient (Wildman–Crippen LogP) is 0.657. The molecule has 1 atom stereocenters. The monoisotopic (exact) mass is 338 g/mol. The Labute approximate surface area is 130 Å². The quantitative estimate of drug-likeness (QED) is 0.525. The molecule has 2 aliphatic heterocycles. The van der Waals surface area contributed by atoms with Crippen molar-refractivity contribution in [2.45, 2.75) is 37.0 Å². The fourth-order valence-electron chi connectivity index (χ4n) is 3.13. The molecule has 2 fully saturated rings. The van der Waals surface area contributed by atoms with E-state index in [1.807, 2.05) is 0 Å². The van der Waals surface area contributed by atoms with E-state index in [1.54, 1.807) is 12.0 Å². The molecule has 0 saturated carbocycles. The number of carbonyl (C=O) groups excluding carboxylic acids is 1. The van der Waals surface area contributed by atoms with E-state index in [9.17, 15) is 13.2 Å². The molecule has 1 amide bonds. The van der Waals surface area contributed by atoms with Gasteiger partial charge in [-0.25, -0.2) is 8.42 Å². The van der Waals surface area contributed by atoms with Gasteiger partial charge in [0.15, 0.2) is 0 Å². The highest BCUT2D eigenvalue weighted by Gasteiger charge is 2.40. The number of hydrogen-bond donors (Lipinski definition) is 0. The van der Waals surface area contributed by atoms with E-state index in [0.717, 1.165) is 45.5 Å². The number of nitrogens with zero attached hydrogens (tertiary/aromatic N) is 2. The van der Waals surface area contributed by atoms with Crippen LogP contribution in [0.4, 0.5) is 0 Å². The van der Waals surface area contributed by atoms with Crippen molar-refractivity contribution in [1.29, 1.82) is 0 Å². The van der Waals surface area contributed by atoms with Crippen LogP contribution in [0.3, 0.4) is 0 Å². The summed E-state index contributed by atoms with van der Waals surface area (Å²) in [5.41, 5.74) is 0. The van der Waals surface area contributed by atoms with Gasteiger partial charge in [0.05, 0.1) is 0 Å². The topological polar surface area (TPSA) is 66.9 Å². The van der Waals surface area contributed by atoms with Gasteiger partial charge in [-0.2, -0.15) is 0 Å². The number of piperidine rings is 1. The number of halogens is 1. The molecule has 0 spiro atoms. The minimum absolute atomic E-state index is 0.0277. The lowest BCUT2D eigenvalue weighted by molar-refractivity contribution is -0.130. The summed E-state index contributed by atoms with van der Waals surface area (Å²) >= 11 is 0. The molecule has 0 aromatic rings. The molecule has 2 rings (SSSR count). The van der Waals surface area contributed by atoms with Crippen LogP contribution < -0.4 is 0 Å². The molecule has 8 heteroatoms. The number of rotatable bonds is 6. The third kappa shape index (κ3) is 4.55. The van der Waals surface area contributed by atoms with Gasteiger partial charge in [-0.05, 0) is 19.3 Å². The zero-order valence-electron chi connectivity index (χ0n) is 12.3. The van der Waals surface area contributed by atoms with Gasteiger partial charge in [-0.3, -0.25) is 4.79 Å². The zero-order valence-corrected chi connectivity index (χ0v) is 13.9. The van der Waals surface area contributed by atoms with Gasteiger partial charge >= 0.3 is 0 Å². The minimum Gasteiger partial charge on any atom is -0.385 e. The molecule has 2 saturated heterocycles. The third-order valence-electron chi connectivity index (χ3n) is 4.34. The predicted molar refractivity (Wildman–Crippen MR) is 80.8 cm³/mol. The highest BCUT2D eigenvalue weighted by molar-refractivity contribution is 8.14. The molecule has 21 heavy (non-hydrogen) atoms. The Balaban J connectivity index is 1.81. The number of hydrogen-bond acceptors (Lipinski definition) is 5. The van der Waals surface area contributed by atoms with Gasteiger partial charge < -0.3 is 14.5 Å². The molecular weight excluding hydrogens is 316 g/mol. The number of carbonyl (C=O) groups is 1. The first-order valence-electron chi connectivity index (χ1n) is 7.36. The van der Waals surface area contributed by atoms with Crippen LogP contribution in [-0.2, 0) is 18.6 Å². The van der Waals surface area contributed by atoms with Crippen LogP contribution in [0, 0.1) is 0 Å². The van der Waals surface area contributed by atoms with E-state index < -0.39 is 14.3 Å². The lowest BCUT2D eigenvalue weighted by atomic mass is 10.0. The molecule has 0 aromatic heterocycles. The molecule has 0 aliphatic carbocycles. The summed E-state index contributed by atoms with van der Waals surface area (Å²) in [6, 6.07) is 0.152. The molecule has 122 valence electrons. The SMILES string of the molecule is COCCCN1CCC(N2CC(S(=O)(=O)Cl)CC2=O)CC1. The summed E-state index contributed by atoms with van der Waals surface area (Å²) < 4.78 is 27.8. The Hall–Kier alpha value is -0.370. The van der Waals surface area contributed by atoms with Gasteiger partial charge in [0, 0.05) is 63.0 Å². The molecule has 0 N–H and O–H groups in total. The zero-order chi connectivity index (χ0) is 15.5. The lowest BCUT2D eigenvalue weighted by Gasteiger charge is -2.36. The summed E-state index contributed by atoms with van der Waals surface area (Å²) in [6.45, 7) is 3.90. The Morgan fingerprint density at radius 2 is 2.00 bits per heavy atom. The fraction of sp³-hybridized carbons (Fsp3) is 0.923. The van der Waals surface area contributed by atoms with Crippen LogP contribution in [0.15, 0.2) is 0 Å². The molecule has 0 radical (unpaired) electrons. The van der Waals surface area contributed by atoms with Crippen LogP contribution in [-0.4, -0.2) is 75.3 Å². The van der Waals surface area contributed by atoms with Gasteiger partial charge in [0.1, 0.15) is 5.25 Å². The van der Waals surface area contributed by atoms with Gasteiger partial charge in [-0.1, -0.05) is 0 Å². The van der Waals surface area contributed by atoms with Crippen molar-refractivity contribution in [3.63, 3.8) is 0 Å². The number of amides is 1. The van der Waals surface area contributed by atoms with Crippen LogP contribution in [0.2, 0.25) is 0 Å². The molecule has 2 aliphatic rings. The van der Waals surface area contributed by atoms with Gasteiger partial charge in [0.25, 0.3) is 0 Å². The number of likely N-dealkylation sites (tertiary alicyclic amines) is 2. The van der Waals surface area contributed by atoms with E-state index in [0.29, 0.717) is 0 Å². The largest absolute Gasteiger partial charge is 0.385 e. The summed E-state index contributed by atoms with van der Waals surface area (Å²) in [5.74, 6) is -0.0814. The lowest BCUT2D eigenvalue weighted by Crippen LogP contribution is -2.46. The van der Waals surface area contributed by atoms with E-state index in [-0.39, 0.29) is 24.9 Å². The van der Waals surface area contributed by atoms with Crippen LogP contribution in [0.25, 0.3) is 0 Å². The Morgan fingerprint density at radius 1 is 1.33 bits per heavy atom. The Bertz CT molecular complexity index is 463. The van der Waals surface area contributed by atoms with Crippen LogP contribution >= 0.6 is 10.7 Å². The second kappa shape index (κ2) is 7.26. The number of ether oxygens (including phenoxy) is 1. The molecule has 0 aromatic carbocycles. The summed E-state index contributed by atoms with van der Waals surface area (Å²) in [6.07, 6.45) is 2.83. The fourth-order valence-corrected chi connectivity index (χ4v) is 4.16. The van der Waals surface area contributed by atoms with Crippen molar-refractivity contribution >= 4 is 25.6 Å². The normalized spacial score (nSPS) is 25.7. The average Bonchev–Trinajstić information content (AvgIpc) is 2.82. The van der Waals surface area contributed by atoms with Crippen molar-refractivity contribution in [1.82, 2.24) is 9.80 Å².